The zero-order chi connectivity index (χ0) is 25.8. The van der Waals surface area contributed by atoms with Crippen molar-refractivity contribution in [1.82, 2.24) is 4.31 Å². The lowest BCUT2D eigenvalue weighted by molar-refractivity contribution is -0.120. The molecule has 1 aliphatic heterocycles. The monoisotopic (exact) mass is 560 g/mol. The molecular weight excluding hydrogens is 527 g/mol. The second-order valence-corrected chi connectivity index (χ2v) is 14.7. The lowest BCUT2D eigenvalue weighted by atomic mass is 9.48. The van der Waals surface area contributed by atoms with Crippen LogP contribution >= 0.6 is 23.2 Å². The first-order valence-corrected chi connectivity index (χ1v) is 15.9. The maximum Gasteiger partial charge on any atom is 0.228 e. The number of rotatable bonds is 6. The molecule has 5 fully saturated rings. The van der Waals surface area contributed by atoms with Crippen LogP contribution in [0.2, 0.25) is 10.0 Å². The van der Waals surface area contributed by atoms with E-state index in [4.69, 9.17) is 23.2 Å². The molecule has 0 radical (unpaired) electrons. The summed E-state index contributed by atoms with van der Waals surface area (Å²) >= 11 is 12.4. The maximum absolute atomic E-state index is 13.2. The fourth-order valence-corrected chi connectivity index (χ4v) is 10.3. The third kappa shape index (κ3) is 5.07. The normalized spacial score (nSPS) is 31.4. The predicted octanol–water partition coefficient (Wildman–Crippen LogP) is 6.64. The number of nitrogens with one attached hydrogen (secondary N) is 1. The third-order valence-electron chi connectivity index (χ3n) is 9.34. The largest absolute Gasteiger partial charge is 0.326 e. The highest BCUT2D eigenvalue weighted by Crippen LogP contribution is 2.60. The second kappa shape index (κ2) is 9.86. The number of hydrogen-bond donors (Lipinski definition) is 1. The van der Waals surface area contributed by atoms with E-state index >= 15 is 0 Å². The number of sulfonamides is 1. The zero-order valence-electron chi connectivity index (χ0n) is 21.0. The highest BCUT2D eigenvalue weighted by molar-refractivity contribution is 7.88. The minimum absolute atomic E-state index is 0.127. The molecule has 4 aliphatic carbocycles. The quantitative estimate of drug-likeness (QED) is 0.430. The molecule has 2 aromatic rings. The van der Waals surface area contributed by atoms with Crippen LogP contribution in [-0.4, -0.2) is 31.7 Å². The van der Waals surface area contributed by atoms with E-state index in [1.807, 2.05) is 12.1 Å². The number of carbonyl (C=O) groups excluding carboxylic acids is 1. The summed E-state index contributed by atoms with van der Waals surface area (Å²) in [6, 6.07) is 13.5. The van der Waals surface area contributed by atoms with Crippen molar-refractivity contribution in [2.75, 3.05) is 18.4 Å². The van der Waals surface area contributed by atoms with Gasteiger partial charge in [-0.1, -0.05) is 41.4 Å². The van der Waals surface area contributed by atoms with Gasteiger partial charge in [-0.25, -0.2) is 12.7 Å². The molecular formula is C29H34Cl2N2O3S. The Kier molecular flexibility index (Phi) is 6.84. The third-order valence-corrected chi connectivity index (χ3v) is 11.8. The number of halogens is 2. The smallest absolute Gasteiger partial charge is 0.228 e. The molecule has 8 heteroatoms. The highest BCUT2D eigenvalue weighted by atomic mass is 35.5. The van der Waals surface area contributed by atoms with E-state index in [1.54, 1.807) is 18.2 Å². The molecule has 1 N–H and O–H groups in total. The second-order valence-electron chi connectivity index (χ2n) is 11.9. The Morgan fingerprint density at radius 2 is 1.54 bits per heavy atom. The first kappa shape index (κ1) is 25.7. The summed E-state index contributed by atoms with van der Waals surface area (Å²) in [6.45, 7) is 0.565. The summed E-state index contributed by atoms with van der Waals surface area (Å²) in [5.41, 5.74) is 2.94. The molecule has 0 aromatic heterocycles. The average Bonchev–Trinajstić information content (AvgIpc) is 2.86. The molecule has 1 heterocycles. The summed E-state index contributed by atoms with van der Waals surface area (Å²) in [4.78, 5) is 13.1. The van der Waals surface area contributed by atoms with Crippen molar-refractivity contribution in [2.45, 2.75) is 62.5 Å². The minimum Gasteiger partial charge on any atom is -0.326 e. The molecule has 0 spiro atoms. The van der Waals surface area contributed by atoms with Crippen molar-refractivity contribution in [3.63, 3.8) is 0 Å². The highest BCUT2D eigenvalue weighted by Gasteiger charge is 2.51. The Bertz CT molecular complexity index is 1240. The summed E-state index contributed by atoms with van der Waals surface area (Å²) in [7, 11) is -3.66. The first-order valence-electron chi connectivity index (χ1n) is 13.5. The van der Waals surface area contributed by atoms with Crippen molar-refractivity contribution in [3.05, 3.63) is 63.6 Å². The van der Waals surface area contributed by atoms with E-state index in [0.29, 0.717) is 40.4 Å². The van der Waals surface area contributed by atoms with Gasteiger partial charge in [0.05, 0.1) is 11.7 Å². The Morgan fingerprint density at radius 3 is 2.14 bits per heavy atom. The lowest BCUT2D eigenvalue weighted by Gasteiger charge is -2.57. The molecule has 4 saturated carbocycles. The van der Waals surface area contributed by atoms with Gasteiger partial charge in [-0.3, -0.25) is 4.79 Å². The molecule has 2 aromatic carbocycles. The van der Waals surface area contributed by atoms with Crippen molar-refractivity contribution in [1.29, 1.82) is 0 Å². The van der Waals surface area contributed by atoms with Gasteiger partial charge >= 0.3 is 0 Å². The molecule has 4 bridgehead atoms. The minimum atomic E-state index is -3.66. The zero-order valence-corrected chi connectivity index (χ0v) is 23.3. The fraction of sp³-hybridized carbons (Fsp3) is 0.552. The Morgan fingerprint density at radius 1 is 0.946 bits per heavy atom. The maximum atomic E-state index is 13.2. The van der Waals surface area contributed by atoms with Crippen molar-refractivity contribution < 1.29 is 13.2 Å². The van der Waals surface area contributed by atoms with E-state index in [2.05, 4.69) is 17.4 Å². The Labute approximate surface area is 230 Å². The molecule has 5 nitrogen and oxygen atoms in total. The van der Waals surface area contributed by atoms with Crippen LogP contribution in [0.25, 0.3) is 0 Å². The summed E-state index contributed by atoms with van der Waals surface area (Å²) in [5, 5.41) is 3.72. The van der Waals surface area contributed by atoms with Crippen LogP contribution in [-0.2, 0) is 26.0 Å². The van der Waals surface area contributed by atoms with Crippen LogP contribution in [0.3, 0.4) is 0 Å². The van der Waals surface area contributed by atoms with Crippen molar-refractivity contribution >= 4 is 44.8 Å². The van der Waals surface area contributed by atoms with Crippen LogP contribution in [0.1, 0.15) is 62.5 Å². The van der Waals surface area contributed by atoms with E-state index < -0.39 is 15.9 Å². The average molecular weight is 562 g/mol. The van der Waals surface area contributed by atoms with Gasteiger partial charge in [0.25, 0.3) is 0 Å². The van der Waals surface area contributed by atoms with Gasteiger partial charge in [-0.15, -0.1) is 0 Å². The van der Waals surface area contributed by atoms with Gasteiger partial charge in [-0.2, -0.15) is 0 Å². The van der Waals surface area contributed by atoms with Gasteiger partial charge in [-0.05, 0) is 104 Å². The van der Waals surface area contributed by atoms with Crippen molar-refractivity contribution in [2.24, 2.45) is 23.7 Å². The van der Waals surface area contributed by atoms with Crippen LogP contribution in [0.15, 0.2) is 42.5 Å². The van der Waals surface area contributed by atoms with Crippen LogP contribution < -0.4 is 5.32 Å². The topological polar surface area (TPSA) is 66.5 Å². The standard InChI is InChI=1S/C29H34Cl2N2O3S/c30-26-4-1-5-27(31)25(26)18-37(35,36)33-10-2-3-22(17-33)28(34)32-24-8-6-23(7-9-24)29-14-19-11-20(15-29)13-21(12-19)16-29/h1,4-9,19-22H,2-3,10-18H2,(H,32,34). The number of piperidine rings is 1. The van der Waals surface area contributed by atoms with Crippen LogP contribution in [0.4, 0.5) is 5.69 Å². The number of benzene rings is 2. The Balaban J connectivity index is 1.10. The van der Waals surface area contributed by atoms with E-state index in [1.165, 1.54) is 48.4 Å². The predicted molar refractivity (Wildman–Crippen MR) is 148 cm³/mol. The van der Waals surface area contributed by atoms with Gasteiger partial charge in [0, 0.05) is 34.4 Å². The first-order chi connectivity index (χ1) is 17.7. The molecule has 1 amide bonds. The van der Waals surface area contributed by atoms with Gasteiger partial charge < -0.3 is 5.32 Å². The van der Waals surface area contributed by atoms with E-state index in [0.717, 1.165) is 23.4 Å². The molecule has 1 unspecified atom stereocenters. The van der Waals surface area contributed by atoms with Crippen molar-refractivity contribution in [3.8, 4) is 0 Å². The molecule has 7 rings (SSSR count). The van der Waals surface area contributed by atoms with Gasteiger partial charge in [0.1, 0.15) is 0 Å². The van der Waals surface area contributed by atoms with Gasteiger partial charge in [0.2, 0.25) is 15.9 Å². The number of anilines is 1. The summed E-state index contributed by atoms with van der Waals surface area (Å²) < 4.78 is 27.7. The number of amides is 1. The van der Waals surface area contributed by atoms with Gasteiger partial charge in [0.15, 0.2) is 0 Å². The van der Waals surface area contributed by atoms with E-state index in [9.17, 15) is 13.2 Å². The number of nitrogens with zero attached hydrogens (tertiary/aromatic N) is 1. The molecule has 1 saturated heterocycles. The SMILES string of the molecule is O=C(Nc1ccc(C23CC4CC(CC(C4)C2)C3)cc1)C1CCCN(S(=O)(=O)Cc2c(Cl)cccc2Cl)C1. The molecule has 1 atom stereocenters. The summed E-state index contributed by atoms with van der Waals surface area (Å²) in [6.07, 6.45) is 9.52. The van der Waals surface area contributed by atoms with E-state index in [-0.39, 0.29) is 18.2 Å². The molecule has 37 heavy (non-hydrogen) atoms. The fourth-order valence-electron chi connectivity index (χ4n) is 7.97. The summed E-state index contributed by atoms with van der Waals surface area (Å²) in [5.74, 6) is 1.89. The lowest BCUT2D eigenvalue weighted by Crippen LogP contribution is -2.48. The number of hydrogen-bond acceptors (Lipinski definition) is 3. The molecule has 5 aliphatic rings. The van der Waals surface area contributed by atoms with Crippen LogP contribution in [0, 0.1) is 23.7 Å². The number of carbonyl (C=O) groups is 1. The van der Waals surface area contributed by atoms with Crippen LogP contribution in [0.5, 0.6) is 0 Å². The molecule has 198 valence electrons. The Hall–Kier alpha value is -1.60.